The highest BCUT2D eigenvalue weighted by Crippen LogP contribution is 2.31. The lowest BCUT2D eigenvalue weighted by Crippen LogP contribution is -2.46. The van der Waals surface area contributed by atoms with Crippen molar-refractivity contribution >= 4 is 11.8 Å². The first kappa shape index (κ1) is 15.9. The van der Waals surface area contributed by atoms with E-state index in [1.165, 1.54) is 29.8 Å². The fraction of sp³-hybridized carbons (Fsp3) is 0.647. The summed E-state index contributed by atoms with van der Waals surface area (Å²) in [5, 5.41) is 0.764. The van der Waals surface area contributed by atoms with Gasteiger partial charge in [0.1, 0.15) is 0 Å². The van der Waals surface area contributed by atoms with Gasteiger partial charge in [-0.1, -0.05) is 43.7 Å². The van der Waals surface area contributed by atoms with Crippen LogP contribution in [-0.2, 0) is 0 Å². The van der Waals surface area contributed by atoms with Gasteiger partial charge in [-0.15, -0.1) is 0 Å². The van der Waals surface area contributed by atoms with Crippen LogP contribution in [0.1, 0.15) is 43.9 Å². The van der Waals surface area contributed by atoms with Gasteiger partial charge in [-0.2, -0.15) is 11.8 Å². The molecule has 3 heteroatoms. The lowest BCUT2D eigenvalue weighted by molar-refractivity contribution is 0.174. The van der Waals surface area contributed by atoms with Crippen LogP contribution >= 0.6 is 11.8 Å². The molecule has 1 heterocycles. The molecule has 20 heavy (non-hydrogen) atoms. The predicted molar refractivity (Wildman–Crippen MR) is 90.3 cm³/mol. The molecule has 3 unspecified atom stereocenters. The van der Waals surface area contributed by atoms with E-state index in [0.717, 1.165) is 18.2 Å². The number of rotatable bonds is 5. The summed E-state index contributed by atoms with van der Waals surface area (Å²) in [5.41, 5.74) is 9.19. The van der Waals surface area contributed by atoms with Gasteiger partial charge in [-0.3, -0.25) is 4.90 Å². The number of benzene rings is 1. The number of thioether (sulfide) groups is 1. The first-order valence-electron chi connectivity index (χ1n) is 7.83. The molecular formula is C17H28N2S. The maximum absolute atomic E-state index is 6.47. The molecule has 0 radical (unpaired) electrons. The van der Waals surface area contributed by atoms with Crippen molar-refractivity contribution in [2.45, 2.75) is 50.9 Å². The number of hydrogen-bond donors (Lipinski definition) is 1. The Balaban J connectivity index is 2.23. The Morgan fingerprint density at radius 2 is 2.20 bits per heavy atom. The average molecular weight is 292 g/mol. The Labute approximate surface area is 128 Å². The van der Waals surface area contributed by atoms with Crippen LogP contribution in [0.2, 0.25) is 0 Å². The molecule has 1 aromatic rings. The van der Waals surface area contributed by atoms with Gasteiger partial charge >= 0.3 is 0 Å². The highest BCUT2D eigenvalue weighted by molar-refractivity contribution is 8.00. The summed E-state index contributed by atoms with van der Waals surface area (Å²) in [6.45, 7) is 8.99. The average Bonchev–Trinajstić information content (AvgIpc) is 2.47. The zero-order chi connectivity index (χ0) is 14.5. The SMILES string of the molecule is CCC1CN(C(c2cccc(C)c2)C(N)CC)CCS1. The van der Waals surface area contributed by atoms with Gasteiger partial charge in [-0.25, -0.2) is 0 Å². The van der Waals surface area contributed by atoms with Crippen molar-refractivity contribution in [3.8, 4) is 0 Å². The Morgan fingerprint density at radius 3 is 2.85 bits per heavy atom. The zero-order valence-corrected chi connectivity index (χ0v) is 13.8. The normalized spacial score (nSPS) is 23.5. The number of hydrogen-bond acceptors (Lipinski definition) is 3. The molecule has 0 bridgehead atoms. The van der Waals surface area contributed by atoms with Gasteiger partial charge in [0.2, 0.25) is 0 Å². The summed E-state index contributed by atoms with van der Waals surface area (Å²) in [4.78, 5) is 2.62. The maximum Gasteiger partial charge on any atom is 0.0499 e. The third-order valence-corrected chi connectivity index (χ3v) is 5.65. The minimum atomic E-state index is 0.220. The molecule has 0 aromatic heterocycles. The molecule has 2 nitrogen and oxygen atoms in total. The third kappa shape index (κ3) is 3.78. The van der Waals surface area contributed by atoms with Crippen molar-refractivity contribution in [2.75, 3.05) is 18.8 Å². The van der Waals surface area contributed by atoms with Crippen molar-refractivity contribution in [3.63, 3.8) is 0 Å². The summed E-state index contributed by atoms with van der Waals surface area (Å²) < 4.78 is 0. The molecule has 1 aromatic carbocycles. The van der Waals surface area contributed by atoms with Crippen molar-refractivity contribution in [3.05, 3.63) is 35.4 Å². The summed E-state index contributed by atoms with van der Waals surface area (Å²) in [5.74, 6) is 1.23. The van der Waals surface area contributed by atoms with E-state index in [1.807, 2.05) is 0 Å². The smallest absolute Gasteiger partial charge is 0.0499 e. The number of nitrogens with zero attached hydrogens (tertiary/aromatic N) is 1. The summed E-state index contributed by atoms with van der Waals surface area (Å²) in [7, 11) is 0. The molecule has 3 atom stereocenters. The second-order valence-corrected chi connectivity index (χ2v) is 7.24. The largest absolute Gasteiger partial charge is 0.326 e. The van der Waals surface area contributed by atoms with Crippen molar-refractivity contribution in [1.82, 2.24) is 4.90 Å². The van der Waals surface area contributed by atoms with Gasteiger partial charge in [0.25, 0.3) is 0 Å². The van der Waals surface area contributed by atoms with Crippen LogP contribution in [-0.4, -0.2) is 35.0 Å². The van der Waals surface area contributed by atoms with Gasteiger partial charge < -0.3 is 5.73 Å². The summed E-state index contributed by atoms with van der Waals surface area (Å²) >= 11 is 2.12. The van der Waals surface area contributed by atoms with E-state index in [9.17, 15) is 0 Å². The molecule has 0 spiro atoms. The zero-order valence-electron chi connectivity index (χ0n) is 13.0. The molecule has 2 rings (SSSR count). The predicted octanol–water partition coefficient (Wildman–Crippen LogP) is 3.60. The van der Waals surface area contributed by atoms with E-state index in [0.29, 0.717) is 6.04 Å². The van der Waals surface area contributed by atoms with Crippen molar-refractivity contribution < 1.29 is 0 Å². The van der Waals surface area contributed by atoms with Crippen LogP contribution < -0.4 is 5.73 Å². The first-order valence-corrected chi connectivity index (χ1v) is 8.88. The minimum Gasteiger partial charge on any atom is -0.326 e. The second kappa shape index (κ2) is 7.48. The third-order valence-electron chi connectivity index (χ3n) is 4.28. The fourth-order valence-electron chi connectivity index (χ4n) is 3.05. The van der Waals surface area contributed by atoms with Crippen molar-refractivity contribution in [2.24, 2.45) is 5.73 Å². The van der Waals surface area contributed by atoms with Gasteiger partial charge in [0.15, 0.2) is 0 Å². The van der Waals surface area contributed by atoms with Crippen molar-refractivity contribution in [1.29, 1.82) is 0 Å². The summed E-state index contributed by atoms with van der Waals surface area (Å²) in [6, 6.07) is 9.47. The second-order valence-electron chi connectivity index (χ2n) is 5.83. The molecule has 1 aliphatic heterocycles. The van der Waals surface area contributed by atoms with Crippen LogP contribution in [0.25, 0.3) is 0 Å². The molecular weight excluding hydrogens is 264 g/mol. The van der Waals surface area contributed by atoms with E-state index in [-0.39, 0.29) is 6.04 Å². The molecule has 0 aliphatic carbocycles. The molecule has 0 saturated carbocycles. The van der Waals surface area contributed by atoms with E-state index >= 15 is 0 Å². The standard InChI is InChI=1S/C17H28N2S/c1-4-15-12-19(9-10-20-15)17(16(18)5-2)14-8-6-7-13(3)11-14/h6-8,11,15-17H,4-5,9-10,12,18H2,1-3H3. The first-order chi connectivity index (χ1) is 9.65. The lowest BCUT2D eigenvalue weighted by Gasteiger charge is -2.40. The Kier molecular flexibility index (Phi) is 5.94. The highest BCUT2D eigenvalue weighted by Gasteiger charge is 2.29. The Bertz CT molecular complexity index is 421. The van der Waals surface area contributed by atoms with Crippen LogP contribution in [0.4, 0.5) is 0 Å². The Hall–Kier alpha value is -0.510. The molecule has 1 fully saturated rings. The Morgan fingerprint density at radius 1 is 1.40 bits per heavy atom. The van der Waals surface area contributed by atoms with Crippen LogP contribution in [0.5, 0.6) is 0 Å². The molecule has 1 saturated heterocycles. The maximum atomic E-state index is 6.47. The van der Waals surface area contributed by atoms with Gasteiger partial charge in [-0.05, 0) is 25.3 Å². The minimum absolute atomic E-state index is 0.220. The van der Waals surface area contributed by atoms with E-state index < -0.39 is 0 Å². The van der Waals surface area contributed by atoms with E-state index in [2.05, 4.69) is 61.7 Å². The van der Waals surface area contributed by atoms with Crippen LogP contribution in [0, 0.1) is 6.92 Å². The van der Waals surface area contributed by atoms with Gasteiger partial charge in [0.05, 0.1) is 0 Å². The van der Waals surface area contributed by atoms with Gasteiger partial charge in [0, 0.05) is 36.2 Å². The fourth-order valence-corrected chi connectivity index (χ4v) is 4.25. The lowest BCUT2D eigenvalue weighted by atomic mass is 9.94. The molecule has 1 aliphatic rings. The highest BCUT2D eigenvalue weighted by atomic mass is 32.2. The monoisotopic (exact) mass is 292 g/mol. The number of aryl methyl sites for hydroxylation is 1. The number of nitrogens with two attached hydrogens (primary N) is 1. The molecule has 0 amide bonds. The van der Waals surface area contributed by atoms with Crippen LogP contribution in [0.3, 0.4) is 0 Å². The van der Waals surface area contributed by atoms with Crippen LogP contribution in [0.15, 0.2) is 24.3 Å². The summed E-state index contributed by atoms with van der Waals surface area (Å²) in [6.07, 6.45) is 2.28. The van der Waals surface area contributed by atoms with E-state index in [1.54, 1.807) is 0 Å². The van der Waals surface area contributed by atoms with E-state index in [4.69, 9.17) is 5.73 Å². The molecule has 2 N–H and O–H groups in total. The quantitative estimate of drug-likeness (QED) is 0.899. The molecule has 112 valence electrons. The topological polar surface area (TPSA) is 29.3 Å².